The van der Waals surface area contributed by atoms with Crippen molar-refractivity contribution in [3.05, 3.63) is 20.7 Å². The van der Waals surface area contributed by atoms with Gasteiger partial charge in [0.1, 0.15) is 5.92 Å². The summed E-state index contributed by atoms with van der Waals surface area (Å²) in [6.45, 7) is 3.78. The normalized spacial score (nSPS) is 22.9. The molecule has 1 aromatic rings. The van der Waals surface area contributed by atoms with E-state index in [0.717, 1.165) is 10.6 Å². The number of hydrogen-bond donors (Lipinski definition) is 1. The molecule has 0 unspecified atom stereocenters. The van der Waals surface area contributed by atoms with Crippen LogP contribution >= 0.6 is 11.3 Å². The van der Waals surface area contributed by atoms with Crippen LogP contribution in [0.15, 0.2) is 0 Å². The van der Waals surface area contributed by atoms with Crippen molar-refractivity contribution in [3.8, 4) is 0 Å². The molecule has 0 bridgehead atoms. The van der Waals surface area contributed by atoms with Crippen molar-refractivity contribution in [2.45, 2.75) is 26.3 Å². The third kappa shape index (κ3) is 2.04. The molecule has 1 aromatic heterocycles. The molecule has 6 nitrogen and oxygen atoms in total. The van der Waals surface area contributed by atoms with Gasteiger partial charge in [-0.1, -0.05) is 0 Å². The van der Waals surface area contributed by atoms with Gasteiger partial charge in [-0.25, -0.2) is 4.98 Å². The molecule has 1 saturated carbocycles. The minimum Gasteiger partial charge on any atom is -0.301 e. The predicted molar refractivity (Wildman–Crippen MR) is 59.1 cm³/mol. The molecule has 0 saturated heterocycles. The van der Waals surface area contributed by atoms with E-state index in [1.807, 2.05) is 13.8 Å². The highest BCUT2D eigenvalue weighted by atomic mass is 32.1. The fourth-order valence-electron chi connectivity index (χ4n) is 1.42. The summed E-state index contributed by atoms with van der Waals surface area (Å²) >= 11 is 1.38. The molecule has 7 heteroatoms. The van der Waals surface area contributed by atoms with E-state index in [1.165, 1.54) is 11.3 Å². The maximum atomic E-state index is 11.6. The number of carbonyl (C=O) groups is 1. The molecule has 2 atom stereocenters. The van der Waals surface area contributed by atoms with Crippen LogP contribution in [0.2, 0.25) is 0 Å². The highest BCUT2D eigenvalue weighted by Gasteiger charge is 2.53. The van der Waals surface area contributed by atoms with E-state index < -0.39 is 16.9 Å². The zero-order valence-corrected chi connectivity index (χ0v) is 9.71. The van der Waals surface area contributed by atoms with Gasteiger partial charge in [0.15, 0.2) is 5.13 Å². The fraction of sp³-hybridized carbons (Fsp3) is 0.556. The average molecular weight is 241 g/mol. The van der Waals surface area contributed by atoms with E-state index in [4.69, 9.17) is 0 Å². The highest BCUT2D eigenvalue weighted by molar-refractivity contribution is 7.15. The van der Waals surface area contributed by atoms with Gasteiger partial charge in [-0.2, -0.15) is 0 Å². The number of aryl methyl sites for hydroxylation is 2. The van der Waals surface area contributed by atoms with Crippen molar-refractivity contribution < 1.29 is 9.72 Å². The van der Waals surface area contributed by atoms with E-state index in [1.54, 1.807) is 0 Å². The number of hydrogen-bond acceptors (Lipinski definition) is 5. The lowest BCUT2D eigenvalue weighted by molar-refractivity contribution is -0.497. The maximum absolute atomic E-state index is 11.6. The Balaban J connectivity index is 1.96. The van der Waals surface area contributed by atoms with Crippen molar-refractivity contribution >= 4 is 22.4 Å². The van der Waals surface area contributed by atoms with Crippen LogP contribution in [0.25, 0.3) is 0 Å². The van der Waals surface area contributed by atoms with Crippen LogP contribution < -0.4 is 5.32 Å². The lowest BCUT2D eigenvalue weighted by atomic mass is 10.4. The van der Waals surface area contributed by atoms with Crippen LogP contribution in [0.1, 0.15) is 17.0 Å². The van der Waals surface area contributed by atoms with Crippen molar-refractivity contribution in [1.29, 1.82) is 0 Å². The van der Waals surface area contributed by atoms with Gasteiger partial charge in [0.2, 0.25) is 11.9 Å². The first kappa shape index (κ1) is 11.0. The third-order valence-electron chi connectivity index (χ3n) is 2.62. The number of thiazole rings is 1. The Bertz CT molecular complexity index is 437. The van der Waals surface area contributed by atoms with Gasteiger partial charge >= 0.3 is 0 Å². The molecule has 1 heterocycles. The molecule has 16 heavy (non-hydrogen) atoms. The molecule has 1 amide bonds. The lowest BCUT2D eigenvalue weighted by Gasteiger charge is -1.97. The first-order valence-corrected chi connectivity index (χ1v) is 5.69. The highest BCUT2D eigenvalue weighted by Crippen LogP contribution is 2.34. The molecule has 0 aliphatic heterocycles. The summed E-state index contributed by atoms with van der Waals surface area (Å²) in [5.41, 5.74) is 0.877. The number of anilines is 1. The van der Waals surface area contributed by atoms with Crippen LogP contribution in [-0.4, -0.2) is 21.9 Å². The second-order valence-electron chi connectivity index (χ2n) is 3.84. The Morgan fingerprint density at radius 1 is 1.62 bits per heavy atom. The summed E-state index contributed by atoms with van der Waals surface area (Å²) in [4.78, 5) is 26.7. The van der Waals surface area contributed by atoms with E-state index in [9.17, 15) is 14.9 Å². The smallest absolute Gasteiger partial charge is 0.236 e. The van der Waals surface area contributed by atoms with Gasteiger partial charge in [-0.3, -0.25) is 14.9 Å². The number of carbonyl (C=O) groups excluding carboxylic acids is 1. The molecule has 0 spiro atoms. The van der Waals surface area contributed by atoms with Gasteiger partial charge in [0.05, 0.1) is 5.69 Å². The SMILES string of the molecule is Cc1nc(NC(=O)[C@@H]2C[C@H]2[N+](=O)[O-])sc1C. The van der Waals surface area contributed by atoms with Gasteiger partial charge in [-0.05, 0) is 13.8 Å². The standard InChI is InChI=1S/C9H11N3O3S/c1-4-5(2)16-9(10-4)11-8(13)6-3-7(6)12(14)15/h6-7H,3H2,1-2H3,(H,10,11,13)/t6-,7-/m1/s1. The summed E-state index contributed by atoms with van der Waals surface area (Å²) in [5, 5.41) is 13.5. The molecular formula is C9H11N3O3S. The zero-order chi connectivity index (χ0) is 11.9. The molecule has 1 aliphatic rings. The van der Waals surface area contributed by atoms with Crippen molar-refractivity contribution in [2.24, 2.45) is 5.92 Å². The third-order valence-corrected chi connectivity index (χ3v) is 3.61. The predicted octanol–water partition coefficient (Wildman–Crippen LogP) is 1.36. The van der Waals surface area contributed by atoms with Crippen LogP contribution in [-0.2, 0) is 4.79 Å². The molecule has 1 N–H and O–H groups in total. The number of amides is 1. The molecule has 1 aliphatic carbocycles. The largest absolute Gasteiger partial charge is 0.301 e. The van der Waals surface area contributed by atoms with Gasteiger partial charge < -0.3 is 5.32 Å². The fourth-order valence-corrected chi connectivity index (χ4v) is 2.24. The Labute approximate surface area is 95.8 Å². The Morgan fingerprint density at radius 2 is 2.31 bits per heavy atom. The number of nitrogens with zero attached hydrogens (tertiary/aromatic N) is 2. The topological polar surface area (TPSA) is 85.1 Å². The van der Waals surface area contributed by atoms with E-state index >= 15 is 0 Å². The summed E-state index contributed by atoms with van der Waals surface area (Å²) in [7, 11) is 0. The van der Waals surface area contributed by atoms with Gasteiger partial charge in [0.25, 0.3) is 0 Å². The second-order valence-corrected chi connectivity index (χ2v) is 5.05. The molecule has 86 valence electrons. The first-order chi connectivity index (χ1) is 7.49. The summed E-state index contributed by atoms with van der Waals surface area (Å²) in [6, 6.07) is -0.706. The first-order valence-electron chi connectivity index (χ1n) is 4.87. The monoisotopic (exact) mass is 241 g/mol. The van der Waals surface area contributed by atoms with Crippen LogP contribution in [0, 0.1) is 29.9 Å². The number of nitrogens with one attached hydrogen (secondary N) is 1. The zero-order valence-electron chi connectivity index (χ0n) is 8.89. The van der Waals surface area contributed by atoms with E-state index in [0.29, 0.717) is 11.6 Å². The summed E-state index contributed by atoms with van der Waals surface area (Å²) in [5.74, 6) is -0.782. The van der Waals surface area contributed by atoms with Gasteiger partial charge in [0, 0.05) is 16.2 Å². The molecular weight excluding hydrogens is 230 g/mol. The molecule has 0 aromatic carbocycles. The van der Waals surface area contributed by atoms with Crippen molar-refractivity contribution in [3.63, 3.8) is 0 Å². The summed E-state index contributed by atoms with van der Waals surface area (Å²) < 4.78 is 0. The van der Waals surface area contributed by atoms with Gasteiger partial charge in [-0.15, -0.1) is 11.3 Å². The molecule has 2 rings (SSSR count). The van der Waals surface area contributed by atoms with Crippen LogP contribution in [0.5, 0.6) is 0 Å². The number of nitro groups is 1. The minimum atomic E-state index is -0.706. The number of rotatable bonds is 3. The average Bonchev–Trinajstić information content (AvgIpc) is 2.91. The Hall–Kier alpha value is -1.50. The Kier molecular flexibility index (Phi) is 2.63. The number of aromatic nitrogens is 1. The molecule has 0 radical (unpaired) electrons. The minimum absolute atomic E-state index is 0.296. The maximum Gasteiger partial charge on any atom is 0.236 e. The lowest BCUT2D eigenvalue weighted by Crippen LogP contribution is -2.18. The van der Waals surface area contributed by atoms with Crippen LogP contribution in [0.4, 0.5) is 5.13 Å². The van der Waals surface area contributed by atoms with E-state index in [-0.39, 0.29) is 5.91 Å². The molecule has 1 fully saturated rings. The van der Waals surface area contributed by atoms with Crippen molar-refractivity contribution in [2.75, 3.05) is 5.32 Å². The summed E-state index contributed by atoms with van der Waals surface area (Å²) in [6.07, 6.45) is 0.335. The van der Waals surface area contributed by atoms with Crippen molar-refractivity contribution in [1.82, 2.24) is 4.98 Å². The second kappa shape index (κ2) is 3.82. The van der Waals surface area contributed by atoms with E-state index in [2.05, 4.69) is 10.3 Å². The van der Waals surface area contributed by atoms with Crippen LogP contribution in [0.3, 0.4) is 0 Å². The quantitative estimate of drug-likeness (QED) is 0.639. The Morgan fingerprint density at radius 3 is 2.75 bits per heavy atom.